The number of amides is 1. The average molecular weight is 325 g/mol. The molecular formula is C20H23NO3. The van der Waals surface area contributed by atoms with Crippen molar-refractivity contribution in [2.45, 2.75) is 13.8 Å². The van der Waals surface area contributed by atoms with Crippen molar-refractivity contribution in [2.75, 3.05) is 20.3 Å². The summed E-state index contributed by atoms with van der Waals surface area (Å²) in [6, 6.07) is 13.5. The van der Waals surface area contributed by atoms with Crippen molar-refractivity contribution in [3.05, 3.63) is 65.2 Å². The number of para-hydroxylation sites is 1. The second-order valence-electron chi connectivity index (χ2n) is 5.41. The fourth-order valence-corrected chi connectivity index (χ4v) is 2.24. The molecule has 1 N–H and O–H groups in total. The van der Waals surface area contributed by atoms with Crippen molar-refractivity contribution in [3.63, 3.8) is 0 Å². The molecule has 2 rings (SSSR count). The number of carbonyl (C=O) groups is 1. The average Bonchev–Trinajstić information content (AvgIpc) is 2.60. The normalized spacial score (nSPS) is 10.6. The van der Waals surface area contributed by atoms with Gasteiger partial charge in [0.2, 0.25) is 5.91 Å². The van der Waals surface area contributed by atoms with Crippen LogP contribution in [0.25, 0.3) is 6.08 Å². The predicted octanol–water partition coefficient (Wildman–Crippen LogP) is 3.52. The van der Waals surface area contributed by atoms with E-state index in [4.69, 9.17) is 9.47 Å². The molecule has 0 bridgehead atoms. The molecule has 24 heavy (non-hydrogen) atoms. The molecular weight excluding hydrogens is 302 g/mol. The molecule has 0 saturated heterocycles. The molecule has 4 heteroatoms. The number of carbonyl (C=O) groups excluding carboxylic acids is 1. The Morgan fingerprint density at radius 2 is 1.83 bits per heavy atom. The smallest absolute Gasteiger partial charge is 0.244 e. The van der Waals surface area contributed by atoms with Crippen LogP contribution < -0.4 is 14.8 Å². The maximum atomic E-state index is 11.9. The summed E-state index contributed by atoms with van der Waals surface area (Å²) in [6.07, 6.45) is 3.23. The summed E-state index contributed by atoms with van der Waals surface area (Å²) < 4.78 is 11.0. The Balaban J connectivity index is 1.79. The van der Waals surface area contributed by atoms with Gasteiger partial charge in [0.15, 0.2) is 0 Å². The highest BCUT2D eigenvalue weighted by molar-refractivity contribution is 5.92. The number of hydrogen-bond donors (Lipinski definition) is 1. The number of rotatable bonds is 7. The number of hydrogen-bond acceptors (Lipinski definition) is 3. The van der Waals surface area contributed by atoms with Crippen LogP contribution in [-0.2, 0) is 4.79 Å². The van der Waals surface area contributed by atoms with Crippen molar-refractivity contribution in [3.8, 4) is 11.5 Å². The minimum atomic E-state index is -0.162. The highest BCUT2D eigenvalue weighted by Gasteiger charge is 2.02. The van der Waals surface area contributed by atoms with Crippen LogP contribution in [0.5, 0.6) is 11.5 Å². The fourth-order valence-electron chi connectivity index (χ4n) is 2.24. The van der Waals surface area contributed by atoms with Crippen LogP contribution in [0.4, 0.5) is 0 Å². The highest BCUT2D eigenvalue weighted by atomic mass is 16.5. The van der Waals surface area contributed by atoms with Gasteiger partial charge in [-0.05, 0) is 43.2 Å². The van der Waals surface area contributed by atoms with E-state index in [1.54, 1.807) is 13.2 Å². The summed E-state index contributed by atoms with van der Waals surface area (Å²) in [4.78, 5) is 11.9. The zero-order valence-electron chi connectivity index (χ0n) is 14.3. The van der Waals surface area contributed by atoms with Gasteiger partial charge in [-0.25, -0.2) is 0 Å². The monoisotopic (exact) mass is 325 g/mol. The van der Waals surface area contributed by atoms with E-state index in [0.29, 0.717) is 13.2 Å². The van der Waals surface area contributed by atoms with Crippen molar-refractivity contribution in [1.82, 2.24) is 5.32 Å². The third kappa shape index (κ3) is 4.88. The first-order valence-electron chi connectivity index (χ1n) is 7.89. The predicted molar refractivity (Wildman–Crippen MR) is 96.4 cm³/mol. The molecule has 0 atom stereocenters. The first-order valence-corrected chi connectivity index (χ1v) is 7.89. The maximum Gasteiger partial charge on any atom is 0.244 e. The van der Waals surface area contributed by atoms with E-state index in [1.807, 2.05) is 56.3 Å². The van der Waals surface area contributed by atoms with E-state index >= 15 is 0 Å². The van der Waals surface area contributed by atoms with E-state index in [9.17, 15) is 4.79 Å². The van der Waals surface area contributed by atoms with Crippen LogP contribution in [0.2, 0.25) is 0 Å². The van der Waals surface area contributed by atoms with Gasteiger partial charge < -0.3 is 14.8 Å². The quantitative estimate of drug-likeness (QED) is 0.626. The number of benzene rings is 2. The lowest BCUT2D eigenvalue weighted by Crippen LogP contribution is -2.26. The van der Waals surface area contributed by atoms with E-state index < -0.39 is 0 Å². The van der Waals surface area contributed by atoms with Gasteiger partial charge in [0, 0.05) is 11.6 Å². The molecule has 0 aromatic heterocycles. The molecule has 0 spiro atoms. The summed E-state index contributed by atoms with van der Waals surface area (Å²) in [5, 5.41) is 2.80. The summed E-state index contributed by atoms with van der Waals surface area (Å²) in [7, 11) is 1.61. The first kappa shape index (κ1) is 17.6. The molecule has 4 nitrogen and oxygen atoms in total. The minimum absolute atomic E-state index is 0.162. The van der Waals surface area contributed by atoms with Crippen molar-refractivity contribution < 1.29 is 14.3 Å². The van der Waals surface area contributed by atoms with E-state index in [-0.39, 0.29) is 5.91 Å². The van der Waals surface area contributed by atoms with Gasteiger partial charge in [0.05, 0.1) is 13.7 Å². The Kier molecular flexibility index (Phi) is 6.43. The lowest BCUT2D eigenvalue weighted by Gasteiger charge is -2.10. The number of ether oxygens (including phenoxy) is 2. The van der Waals surface area contributed by atoms with Crippen LogP contribution in [0.1, 0.15) is 16.7 Å². The van der Waals surface area contributed by atoms with Crippen LogP contribution in [-0.4, -0.2) is 26.2 Å². The highest BCUT2D eigenvalue weighted by Crippen LogP contribution is 2.20. The van der Waals surface area contributed by atoms with Crippen LogP contribution >= 0.6 is 0 Å². The molecule has 0 fully saturated rings. The molecule has 0 unspecified atom stereocenters. The van der Waals surface area contributed by atoms with Crippen LogP contribution in [0.3, 0.4) is 0 Å². The van der Waals surface area contributed by atoms with Crippen LogP contribution in [0.15, 0.2) is 48.5 Å². The molecule has 126 valence electrons. The van der Waals surface area contributed by atoms with Crippen molar-refractivity contribution in [2.24, 2.45) is 0 Å². The molecule has 0 aliphatic carbocycles. The summed E-state index contributed by atoms with van der Waals surface area (Å²) in [6.45, 7) is 4.95. The summed E-state index contributed by atoms with van der Waals surface area (Å²) >= 11 is 0. The van der Waals surface area contributed by atoms with E-state index in [1.165, 1.54) is 11.6 Å². The Bertz CT molecular complexity index is 723. The largest absolute Gasteiger partial charge is 0.496 e. The molecule has 1 amide bonds. The fraction of sp³-hybridized carbons (Fsp3) is 0.250. The third-order valence-corrected chi connectivity index (χ3v) is 3.77. The minimum Gasteiger partial charge on any atom is -0.496 e. The van der Waals surface area contributed by atoms with Gasteiger partial charge in [0.25, 0.3) is 0 Å². The number of nitrogens with one attached hydrogen (secondary N) is 1. The Labute approximate surface area is 143 Å². The number of methoxy groups -OCH3 is 1. The molecule has 0 heterocycles. The number of aryl methyl sites for hydroxylation is 1. The van der Waals surface area contributed by atoms with Gasteiger partial charge in [-0.3, -0.25) is 4.79 Å². The van der Waals surface area contributed by atoms with E-state index in [0.717, 1.165) is 22.6 Å². The SMILES string of the molecule is COc1ccccc1/C=C/C(=O)NCCOc1cccc(C)c1C. The van der Waals surface area contributed by atoms with Gasteiger partial charge in [0.1, 0.15) is 18.1 Å². The Morgan fingerprint density at radius 3 is 2.62 bits per heavy atom. The van der Waals surface area contributed by atoms with Crippen molar-refractivity contribution in [1.29, 1.82) is 0 Å². The second kappa shape index (κ2) is 8.77. The lowest BCUT2D eigenvalue weighted by molar-refractivity contribution is -0.116. The van der Waals surface area contributed by atoms with Crippen LogP contribution in [0, 0.1) is 13.8 Å². The molecule has 0 aliphatic heterocycles. The van der Waals surface area contributed by atoms with Gasteiger partial charge in [-0.1, -0.05) is 30.3 Å². The first-order chi connectivity index (χ1) is 11.6. The second-order valence-corrected chi connectivity index (χ2v) is 5.41. The Morgan fingerprint density at radius 1 is 1.08 bits per heavy atom. The molecule has 0 radical (unpaired) electrons. The summed E-state index contributed by atoms with van der Waals surface area (Å²) in [5.74, 6) is 1.43. The Hall–Kier alpha value is -2.75. The lowest BCUT2D eigenvalue weighted by atomic mass is 10.1. The van der Waals surface area contributed by atoms with E-state index in [2.05, 4.69) is 5.32 Å². The zero-order valence-corrected chi connectivity index (χ0v) is 14.3. The maximum absolute atomic E-state index is 11.9. The molecule has 0 aliphatic rings. The topological polar surface area (TPSA) is 47.6 Å². The molecule has 2 aromatic rings. The van der Waals surface area contributed by atoms with Gasteiger partial charge in [-0.15, -0.1) is 0 Å². The van der Waals surface area contributed by atoms with Gasteiger partial charge >= 0.3 is 0 Å². The van der Waals surface area contributed by atoms with Gasteiger partial charge in [-0.2, -0.15) is 0 Å². The molecule has 2 aromatic carbocycles. The molecule has 0 saturated carbocycles. The van der Waals surface area contributed by atoms with Crippen molar-refractivity contribution >= 4 is 12.0 Å². The summed E-state index contributed by atoms with van der Waals surface area (Å²) in [5.41, 5.74) is 3.18. The standard InChI is InChI=1S/C20H23NO3/c1-15-7-6-10-18(16(15)2)24-14-13-21-20(22)12-11-17-8-4-5-9-19(17)23-3/h4-12H,13-14H2,1-3H3,(H,21,22)/b12-11+. The third-order valence-electron chi connectivity index (χ3n) is 3.77. The zero-order chi connectivity index (χ0) is 17.4.